The van der Waals surface area contributed by atoms with E-state index in [9.17, 15) is 9.59 Å². The fourth-order valence-electron chi connectivity index (χ4n) is 3.60. The molecule has 33 heavy (non-hydrogen) atoms. The molecule has 2 amide bonds. The quantitative estimate of drug-likeness (QED) is 0.524. The lowest BCUT2D eigenvalue weighted by atomic mass is 10.0. The van der Waals surface area contributed by atoms with Gasteiger partial charge in [-0.05, 0) is 55.3 Å². The van der Waals surface area contributed by atoms with Crippen LogP contribution in [0.3, 0.4) is 0 Å². The number of benzene rings is 2. The van der Waals surface area contributed by atoms with Crippen LogP contribution in [0.5, 0.6) is 11.5 Å². The highest BCUT2D eigenvalue weighted by atomic mass is 16.5. The molecule has 7 nitrogen and oxygen atoms in total. The van der Waals surface area contributed by atoms with Crippen LogP contribution in [0.2, 0.25) is 0 Å². The Kier molecular flexibility index (Phi) is 6.40. The van der Waals surface area contributed by atoms with Crippen molar-refractivity contribution in [3.05, 3.63) is 89.9 Å². The largest absolute Gasteiger partial charge is 0.497 e. The van der Waals surface area contributed by atoms with E-state index in [2.05, 4.69) is 10.3 Å². The third-order valence-corrected chi connectivity index (χ3v) is 5.09. The summed E-state index contributed by atoms with van der Waals surface area (Å²) in [7, 11) is 1.57. The first-order valence-electron chi connectivity index (χ1n) is 10.6. The molecular formula is C26H25N3O4. The lowest BCUT2D eigenvalue weighted by molar-refractivity contribution is -0.137. The van der Waals surface area contributed by atoms with Gasteiger partial charge < -0.3 is 14.8 Å². The monoisotopic (exact) mass is 443 g/mol. The van der Waals surface area contributed by atoms with Gasteiger partial charge in [0.2, 0.25) is 0 Å². The molecule has 1 aromatic heterocycles. The predicted octanol–water partition coefficient (Wildman–Crippen LogP) is 4.27. The first-order valence-corrected chi connectivity index (χ1v) is 10.6. The summed E-state index contributed by atoms with van der Waals surface area (Å²) in [4.78, 5) is 32.1. The van der Waals surface area contributed by atoms with Crippen molar-refractivity contribution in [3.8, 4) is 11.5 Å². The zero-order valence-corrected chi connectivity index (χ0v) is 18.7. The highest BCUT2D eigenvalue weighted by Crippen LogP contribution is 2.33. The van der Waals surface area contributed by atoms with Crippen molar-refractivity contribution in [2.24, 2.45) is 0 Å². The maximum Gasteiger partial charge on any atom is 0.278 e. The van der Waals surface area contributed by atoms with Gasteiger partial charge in [-0.3, -0.25) is 19.5 Å². The fourth-order valence-corrected chi connectivity index (χ4v) is 3.60. The van der Waals surface area contributed by atoms with Gasteiger partial charge in [-0.1, -0.05) is 24.3 Å². The van der Waals surface area contributed by atoms with Gasteiger partial charge in [-0.15, -0.1) is 0 Å². The Labute approximate surface area is 192 Å². The first kappa shape index (κ1) is 22.1. The summed E-state index contributed by atoms with van der Waals surface area (Å²) in [6.07, 6.45) is 3.33. The lowest BCUT2D eigenvalue weighted by Gasteiger charge is -2.15. The summed E-state index contributed by atoms with van der Waals surface area (Å²) in [5.74, 6) is 0.568. The summed E-state index contributed by atoms with van der Waals surface area (Å²) in [5.41, 5.74) is 2.56. The van der Waals surface area contributed by atoms with Gasteiger partial charge in [0, 0.05) is 24.1 Å². The minimum atomic E-state index is -0.399. The van der Waals surface area contributed by atoms with Crippen molar-refractivity contribution in [2.75, 3.05) is 12.4 Å². The van der Waals surface area contributed by atoms with Gasteiger partial charge in [0.15, 0.2) is 0 Å². The van der Waals surface area contributed by atoms with Crippen molar-refractivity contribution in [1.82, 2.24) is 9.88 Å². The van der Waals surface area contributed by atoms with E-state index in [1.807, 2.05) is 38.1 Å². The second-order valence-corrected chi connectivity index (χ2v) is 7.86. The van der Waals surface area contributed by atoms with Gasteiger partial charge in [-0.2, -0.15) is 0 Å². The zero-order chi connectivity index (χ0) is 23.4. The van der Waals surface area contributed by atoms with Crippen molar-refractivity contribution < 1.29 is 19.1 Å². The number of carbonyl (C=O) groups is 2. The van der Waals surface area contributed by atoms with Crippen LogP contribution >= 0.6 is 0 Å². The minimum Gasteiger partial charge on any atom is -0.497 e. The molecule has 4 rings (SSSR count). The molecule has 0 unspecified atom stereocenters. The number of imide groups is 1. The fraction of sp³-hybridized carbons (Fsp3) is 0.192. The number of ether oxygens (including phenoxy) is 2. The van der Waals surface area contributed by atoms with Crippen LogP contribution in [0, 0.1) is 0 Å². The molecule has 0 bridgehead atoms. The van der Waals surface area contributed by atoms with E-state index in [0.29, 0.717) is 28.3 Å². The molecule has 0 aliphatic carbocycles. The van der Waals surface area contributed by atoms with E-state index >= 15 is 0 Å². The highest BCUT2D eigenvalue weighted by Gasteiger charge is 2.39. The van der Waals surface area contributed by atoms with Crippen LogP contribution in [-0.2, 0) is 16.1 Å². The van der Waals surface area contributed by atoms with Crippen LogP contribution in [-0.4, -0.2) is 34.9 Å². The van der Waals surface area contributed by atoms with Gasteiger partial charge in [0.25, 0.3) is 11.8 Å². The number of nitrogens with one attached hydrogen (secondary N) is 1. The number of rotatable bonds is 8. The zero-order valence-electron chi connectivity index (χ0n) is 18.7. The van der Waals surface area contributed by atoms with E-state index in [1.165, 1.54) is 4.90 Å². The van der Waals surface area contributed by atoms with Crippen LogP contribution in [0.25, 0.3) is 5.57 Å². The number of amides is 2. The Morgan fingerprint density at radius 3 is 2.42 bits per heavy atom. The average Bonchev–Trinajstić information content (AvgIpc) is 3.04. The van der Waals surface area contributed by atoms with Gasteiger partial charge >= 0.3 is 0 Å². The molecule has 3 aromatic rings. The molecular weight excluding hydrogens is 418 g/mol. The Morgan fingerprint density at radius 2 is 1.76 bits per heavy atom. The van der Waals surface area contributed by atoms with Gasteiger partial charge in [-0.25, -0.2) is 0 Å². The molecule has 0 radical (unpaired) electrons. The summed E-state index contributed by atoms with van der Waals surface area (Å²) < 4.78 is 11.0. The van der Waals surface area contributed by atoms with Crippen molar-refractivity contribution >= 4 is 23.1 Å². The topological polar surface area (TPSA) is 80.8 Å². The molecule has 7 heteroatoms. The third-order valence-electron chi connectivity index (χ3n) is 5.09. The lowest BCUT2D eigenvalue weighted by Crippen LogP contribution is -2.32. The number of hydrogen-bond donors (Lipinski definition) is 1. The molecule has 1 N–H and O–H groups in total. The van der Waals surface area contributed by atoms with Crippen LogP contribution < -0.4 is 14.8 Å². The standard InChI is InChI=1S/C26H25N3O4/c1-17(2)33-21-11-9-19(10-12-21)23-24(28-20-7-4-8-22(14-20)32-3)26(31)29(25(23)30)16-18-6-5-13-27-15-18/h4-15,17,28H,16H2,1-3H3. The molecule has 2 heterocycles. The Morgan fingerprint density at radius 1 is 0.970 bits per heavy atom. The molecule has 168 valence electrons. The maximum atomic E-state index is 13.4. The number of pyridine rings is 1. The molecule has 1 aliphatic heterocycles. The van der Waals surface area contributed by atoms with E-state index in [0.717, 1.165) is 5.56 Å². The normalized spacial score (nSPS) is 13.6. The predicted molar refractivity (Wildman–Crippen MR) is 126 cm³/mol. The number of hydrogen-bond acceptors (Lipinski definition) is 6. The Hall–Kier alpha value is -4.13. The smallest absolute Gasteiger partial charge is 0.278 e. The Balaban J connectivity index is 1.72. The molecule has 0 saturated heterocycles. The van der Waals surface area contributed by atoms with Crippen molar-refractivity contribution in [3.63, 3.8) is 0 Å². The molecule has 0 spiro atoms. The van der Waals surface area contributed by atoms with Crippen LogP contribution in [0.4, 0.5) is 5.69 Å². The second-order valence-electron chi connectivity index (χ2n) is 7.86. The van der Waals surface area contributed by atoms with Crippen LogP contribution in [0.15, 0.2) is 78.8 Å². The number of methoxy groups -OCH3 is 1. The number of nitrogens with zero attached hydrogens (tertiary/aromatic N) is 2. The molecule has 0 atom stereocenters. The highest BCUT2D eigenvalue weighted by molar-refractivity contribution is 6.36. The third kappa shape index (κ3) is 4.87. The van der Waals surface area contributed by atoms with Crippen molar-refractivity contribution in [2.45, 2.75) is 26.5 Å². The molecule has 1 aliphatic rings. The van der Waals surface area contributed by atoms with E-state index in [-0.39, 0.29) is 24.3 Å². The second kappa shape index (κ2) is 9.56. The van der Waals surface area contributed by atoms with Crippen molar-refractivity contribution in [1.29, 1.82) is 0 Å². The van der Waals surface area contributed by atoms with E-state index < -0.39 is 5.91 Å². The SMILES string of the molecule is COc1cccc(NC2=C(c3ccc(OC(C)C)cc3)C(=O)N(Cc3cccnc3)C2=O)c1. The van der Waals surface area contributed by atoms with E-state index in [4.69, 9.17) is 9.47 Å². The number of aromatic nitrogens is 1. The first-order chi connectivity index (χ1) is 16.0. The number of carbonyl (C=O) groups excluding carboxylic acids is 2. The summed E-state index contributed by atoms with van der Waals surface area (Å²) >= 11 is 0. The summed E-state index contributed by atoms with van der Waals surface area (Å²) in [6.45, 7) is 4.02. The molecule has 2 aromatic carbocycles. The molecule has 0 saturated carbocycles. The van der Waals surface area contributed by atoms with Crippen LogP contribution in [0.1, 0.15) is 25.0 Å². The number of anilines is 1. The summed E-state index contributed by atoms with van der Waals surface area (Å²) in [6, 6.07) is 18.0. The summed E-state index contributed by atoms with van der Waals surface area (Å²) in [5, 5.41) is 3.15. The molecule has 0 fully saturated rings. The van der Waals surface area contributed by atoms with Gasteiger partial charge in [0.05, 0.1) is 25.3 Å². The van der Waals surface area contributed by atoms with Gasteiger partial charge in [0.1, 0.15) is 17.2 Å². The minimum absolute atomic E-state index is 0.0324. The maximum absolute atomic E-state index is 13.4. The van der Waals surface area contributed by atoms with E-state index in [1.54, 1.807) is 55.9 Å². The average molecular weight is 444 g/mol. The Bertz CT molecular complexity index is 1190.